The number of hydrogen-bond donors (Lipinski definition) is 0. The van der Waals surface area contributed by atoms with Gasteiger partial charge in [0, 0.05) is 5.88 Å². The molecule has 18 heavy (non-hydrogen) atoms. The van der Waals surface area contributed by atoms with E-state index >= 15 is 0 Å². The smallest absolute Gasteiger partial charge is 0.323 e. The lowest BCUT2D eigenvalue weighted by Gasteiger charge is -2.25. The predicted octanol–water partition coefficient (Wildman–Crippen LogP) is 2.24. The summed E-state index contributed by atoms with van der Waals surface area (Å²) in [6.07, 6.45) is 5.07. The number of alkyl halides is 1. The molecule has 0 aliphatic heterocycles. The molecule has 0 saturated carbocycles. The van der Waals surface area contributed by atoms with Crippen LogP contribution in [0.5, 0.6) is 0 Å². The van der Waals surface area contributed by atoms with Gasteiger partial charge in [0.1, 0.15) is 0 Å². The third-order valence-corrected chi connectivity index (χ3v) is 2.65. The minimum absolute atomic E-state index is 0.114. The second kappa shape index (κ2) is 8.56. The number of rotatable bonds is 7. The van der Waals surface area contributed by atoms with Gasteiger partial charge < -0.3 is 9.47 Å². The van der Waals surface area contributed by atoms with Crippen LogP contribution in [-0.2, 0) is 19.1 Å². The van der Waals surface area contributed by atoms with Gasteiger partial charge in [0.05, 0.1) is 14.2 Å². The normalized spacial score (nSPS) is 10.8. The van der Waals surface area contributed by atoms with Crippen LogP contribution in [0, 0.1) is 5.41 Å². The van der Waals surface area contributed by atoms with Crippen molar-refractivity contribution in [3.8, 4) is 0 Å². The number of esters is 2. The van der Waals surface area contributed by atoms with Gasteiger partial charge in [-0.2, -0.15) is 0 Å². The molecule has 0 fully saturated rings. The van der Waals surface area contributed by atoms with Crippen molar-refractivity contribution in [1.29, 1.82) is 0 Å². The molecule has 0 aromatic heterocycles. The van der Waals surface area contributed by atoms with Crippen molar-refractivity contribution in [2.75, 3.05) is 20.1 Å². The maximum absolute atomic E-state index is 11.9. The van der Waals surface area contributed by atoms with Crippen molar-refractivity contribution in [3.05, 3.63) is 30.5 Å². The zero-order chi connectivity index (χ0) is 14.0. The molecule has 0 atom stereocenters. The van der Waals surface area contributed by atoms with Gasteiger partial charge in [0.2, 0.25) is 0 Å². The summed E-state index contributed by atoms with van der Waals surface area (Å²) < 4.78 is 9.38. The summed E-state index contributed by atoms with van der Waals surface area (Å²) in [4.78, 5) is 23.8. The van der Waals surface area contributed by atoms with Crippen LogP contribution < -0.4 is 0 Å². The van der Waals surface area contributed by atoms with E-state index in [2.05, 4.69) is 12.3 Å². The van der Waals surface area contributed by atoms with Crippen LogP contribution >= 0.6 is 11.6 Å². The highest BCUT2D eigenvalue weighted by Crippen LogP contribution is 2.31. The highest BCUT2D eigenvalue weighted by molar-refractivity contribution is 6.18. The maximum Gasteiger partial charge on any atom is 0.323 e. The van der Waals surface area contributed by atoms with Gasteiger partial charge in [-0.15, -0.1) is 17.3 Å². The summed E-state index contributed by atoms with van der Waals surface area (Å²) in [5.41, 5.74) is 1.12. The van der Waals surface area contributed by atoms with E-state index in [-0.39, 0.29) is 12.8 Å². The average molecular weight is 273 g/mol. The van der Waals surface area contributed by atoms with Crippen molar-refractivity contribution in [3.63, 3.8) is 0 Å². The molecular weight excluding hydrogens is 256 g/mol. The molecule has 0 unspecified atom stereocenters. The van der Waals surface area contributed by atoms with E-state index in [9.17, 15) is 9.59 Å². The highest BCUT2D eigenvalue weighted by Gasteiger charge is 2.46. The first-order chi connectivity index (χ1) is 8.58. The molecule has 100 valence electrons. The van der Waals surface area contributed by atoms with Crippen LogP contribution in [0.2, 0.25) is 0 Å². The van der Waals surface area contributed by atoms with Crippen LogP contribution in [0.15, 0.2) is 30.5 Å². The van der Waals surface area contributed by atoms with Crippen LogP contribution in [0.1, 0.15) is 12.8 Å². The average Bonchev–Trinajstić information content (AvgIpc) is 2.41. The van der Waals surface area contributed by atoms with Gasteiger partial charge in [0.25, 0.3) is 0 Å². The molecule has 4 nitrogen and oxygen atoms in total. The summed E-state index contributed by atoms with van der Waals surface area (Å²) >= 11 is 5.51. The minimum atomic E-state index is -1.41. The number of carbonyl (C=O) groups excluding carboxylic acids is 2. The van der Waals surface area contributed by atoms with E-state index in [0.717, 1.165) is 0 Å². The number of ether oxygens (including phenoxy) is 2. The summed E-state index contributed by atoms with van der Waals surface area (Å²) in [6, 6.07) is 0. The van der Waals surface area contributed by atoms with Gasteiger partial charge in [-0.25, -0.2) is 0 Å². The number of allylic oxidation sites excluding steroid dienone is 3. The SMILES string of the molecule is C=C=CCC(C/C=C\CCl)(C(=O)OC)C(=O)OC. The zero-order valence-corrected chi connectivity index (χ0v) is 11.3. The molecule has 0 saturated heterocycles. The Morgan fingerprint density at radius 1 is 1.22 bits per heavy atom. The van der Waals surface area contributed by atoms with Gasteiger partial charge >= 0.3 is 11.9 Å². The molecule has 0 aliphatic rings. The molecule has 0 spiro atoms. The topological polar surface area (TPSA) is 52.6 Å². The molecule has 0 radical (unpaired) electrons. The monoisotopic (exact) mass is 272 g/mol. The summed E-state index contributed by atoms with van der Waals surface area (Å²) in [7, 11) is 2.45. The molecular formula is C13H17ClO4. The van der Waals surface area contributed by atoms with E-state index in [4.69, 9.17) is 21.1 Å². The minimum Gasteiger partial charge on any atom is -0.468 e. The van der Waals surface area contributed by atoms with E-state index in [1.54, 1.807) is 12.2 Å². The lowest BCUT2D eigenvalue weighted by molar-refractivity contribution is -0.168. The second-order valence-corrected chi connectivity index (χ2v) is 3.82. The molecule has 0 aromatic rings. The Kier molecular flexibility index (Phi) is 7.84. The van der Waals surface area contributed by atoms with Crippen molar-refractivity contribution in [2.24, 2.45) is 5.41 Å². The Hall–Kier alpha value is -1.51. The largest absolute Gasteiger partial charge is 0.468 e. The van der Waals surface area contributed by atoms with Gasteiger partial charge in [-0.3, -0.25) is 9.59 Å². The molecule has 0 heterocycles. The fourth-order valence-corrected chi connectivity index (χ4v) is 1.61. The molecule has 0 rings (SSSR count). The van der Waals surface area contributed by atoms with Gasteiger partial charge in [-0.05, 0) is 18.9 Å². The van der Waals surface area contributed by atoms with E-state index < -0.39 is 17.4 Å². The van der Waals surface area contributed by atoms with Gasteiger partial charge in [0.15, 0.2) is 5.41 Å². The Bertz CT molecular complexity index is 351. The first kappa shape index (κ1) is 16.5. The molecule has 0 N–H and O–H groups in total. The van der Waals surface area contributed by atoms with Crippen LogP contribution in [0.4, 0.5) is 0 Å². The molecule has 0 amide bonds. The second-order valence-electron chi connectivity index (χ2n) is 3.51. The van der Waals surface area contributed by atoms with Gasteiger partial charge in [-0.1, -0.05) is 18.7 Å². The molecule has 0 aliphatic carbocycles. The number of hydrogen-bond acceptors (Lipinski definition) is 4. The van der Waals surface area contributed by atoms with Crippen LogP contribution in [0.25, 0.3) is 0 Å². The summed E-state index contributed by atoms with van der Waals surface area (Å²) in [6.45, 7) is 3.41. The lowest BCUT2D eigenvalue weighted by atomic mass is 9.81. The Labute approximate surface area is 112 Å². The van der Waals surface area contributed by atoms with E-state index in [1.165, 1.54) is 20.3 Å². The zero-order valence-electron chi connectivity index (χ0n) is 10.6. The van der Waals surface area contributed by atoms with Crippen molar-refractivity contribution in [2.45, 2.75) is 12.8 Å². The Balaban J connectivity index is 5.37. The quantitative estimate of drug-likeness (QED) is 0.234. The summed E-state index contributed by atoms with van der Waals surface area (Å²) in [5.74, 6) is -1.00. The van der Waals surface area contributed by atoms with Crippen LogP contribution in [-0.4, -0.2) is 32.0 Å². The Morgan fingerprint density at radius 2 is 1.78 bits per heavy atom. The van der Waals surface area contributed by atoms with E-state index in [0.29, 0.717) is 5.88 Å². The first-order valence-electron chi connectivity index (χ1n) is 5.31. The maximum atomic E-state index is 11.9. The third kappa shape index (κ3) is 4.06. The van der Waals surface area contributed by atoms with Crippen LogP contribution in [0.3, 0.4) is 0 Å². The summed E-state index contributed by atoms with van der Waals surface area (Å²) in [5, 5.41) is 0. The third-order valence-electron chi connectivity index (χ3n) is 2.47. The van der Waals surface area contributed by atoms with E-state index in [1.807, 2.05) is 0 Å². The number of methoxy groups -OCH3 is 2. The molecule has 5 heteroatoms. The fourth-order valence-electron chi connectivity index (χ4n) is 1.48. The van der Waals surface area contributed by atoms with Crippen molar-refractivity contribution in [1.82, 2.24) is 0 Å². The molecule has 0 aromatic carbocycles. The fraction of sp³-hybridized carbons (Fsp3) is 0.462. The number of halogens is 1. The molecule has 0 bridgehead atoms. The standard InChI is InChI=1S/C13H17ClO4/c1-4-5-8-13(11(15)17-2,12(16)18-3)9-6-7-10-14/h5-7H,1,8-10H2,2-3H3/b7-6-. The Morgan fingerprint density at radius 3 is 2.17 bits per heavy atom. The highest BCUT2D eigenvalue weighted by atomic mass is 35.5. The van der Waals surface area contributed by atoms with Crippen molar-refractivity contribution >= 4 is 23.5 Å². The van der Waals surface area contributed by atoms with Crippen molar-refractivity contribution < 1.29 is 19.1 Å². The predicted molar refractivity (Wildman–Crippen MR) is 69.3 cm³/mol. The first-order valence-corrected chi connectivity index (χ1v) is 5.84. The lowest BCUT2D eigenvalue weighted by Crippen LogP contribution is -2.40. The number of carbonyl (C=O) groups is 2.